The van der Waals surface area contributed by atoms with E-state index in [9.17, 15) is 5.11 Å². The third-order valence-electron chi connectivity index (χ3n) is 7.85. The van der Waals surface area contributed by atoms with Crippen LogP contribution in [0.25, 0.3) is 0 Å². The first-order chi connectivity index (χ1) is 13.7. The minimum atomic E-state index is -1.75. The van der Waals surface area contributed by atoms with Crippen molar-refractivity contribution in [3.8, 4) is 0 Å². The van der Waals surface area contributed by atoms with E-state index in [2.05, 4.69) is 39.0 Å². The Hall–Kier alpha value is -0.668. The van der Waals surface area contributed by atoms with Crippen LogP contribution in [-0.4, -0.2) is 47.6 Å². The second kappa shape index (κ2) is 8.03. The highest BCUT2D eigenvalue weighted by Crippen LogP contribution is 2.41. The third kappa shape index (κ3) is 4.44. The summed E-state index contributed by atoms with van der Waals surface area (Å²) in [6.45, 7) is 19.6. The van der Waals surface area contributed by atoms with Crippen LogP contribution in [0.3, 0.4) is 0 Å². The summed E-state index contributed by atoms with van der Waals surface area (Å²) in [6.07, 6.45) is 6.24. The molecular formula is C22H41BN2O4Si. The van der Waals surface area contributed by atoms with Gasteiger partial charge < -0.3 is 18.8 Å². The molecule has 1 aromatic rings. The van der Waals surface area contributed by atoms with Gasteiger partial charge in [-0.25, -0.2) is 0 Å². The first-order valence-corrected chi connectivity index (χ1v) is 14.3. The van der Waals surface area contributed by atoms with Gasteiger partial charge in [0.25, 0.3) is 0 Å². The average molecular weight is 436 g/mol. The lowest BCUT2D eigenvalue weighted by molar-refractivity contribution is 0.00578. The first kappa shape index (κ1) is 24.0. The number of hydrogen-bond acceptors (Lipinski definition) is 5. The van der Waals surface area contributed by atoms with E-state index in [-0.39, 0.29) is 17.7 Å². The highest BCUT2D eigenvalue weighted by atomic mass is 28.4. The second-order valence-corrected chi connectivity index (χ2v) is 16.3. The lowest BCUT2D eigenvalue weighted by Gasteiger charge is -2.41. The summed E-state index contributed by atoms with van der Waals surface area (Å²) in [5.74, 6) is 0. The lowest BCUT2D eigenvalue weighted by atomic mass is 9.79. The van der Waals surface area contributed by atoms with Gasteiger partial charge in [0.2, 0.25) is 0 Å². The molecule has 1 aliphatic carbocycles. The fourth-order valence-corrected chi connectivity index (χ4v) is 5.47. The minimum absolute atomic E-state index is 0.0696. The van der Waals surface area contributed by atoms with Gasteiger partial charge >= 0.3 is 7.12 Å². The summed E-state index contributed by atoms with van der Waals surface area (Å²) < 4.78 is 21.0. The third-order valence-corrected chi connectivity index (χ3v) is 12.4. The molecule has 1 N–H and O–H groups in total. The molecule has 2 heterocycles. The van der Waals surface area contributed by atoms with Crippen LogP contribution in [0.15, 0.2) is 6.20 Å². The van der Waals surface area contributed by atoms with E-state index in [1.807, 2.05) is 38.6 Å². The van der Waals surface area contributed by atoms with Crippen LogP contribution in [0.2, 0.25) is 18.1 Å². The molecule has 1 aromatic heterocycles. The topological polar surface area (TPSA) is 65.7 Å². The van der Waals surface area contributed by atoms with Crippen molar-refractivity contribution in [3.05, 3.63) is 11.9 Å². The highest BCUT2D eigenvalue weighted by molar-refractivity contribution is 6.74. The molecule has 3 rings (SSSR count). The average Bonchev–Trinajstić information content (AvgIpc) is 3.12. The SMILES string of the molecule is CC1(C)OB(c2cnn([C@H]3CC[C@H](O[Si](C)(C)C(C)(C)C)CC3)c2CO)OC1(C)C. The van der Waals surface area contributed by atoms with Gasteiger partial charge in [0.05, 0.1) is 29.5 Å². The molecule has 0 bridgehead atoms. The van der Waals surface area contributed by atoms with E-state index < -0.39 is 26.6 Å². The van der Waals surface area contributed by atoms with Crippen molar-refractivity contribution in [1.82, 2.24) is 9.78 Å². The van der Waals surface area contributed by atoms with E-state index >= 15 is 0 Å². The van der Waals surface area contributed by atoms with Crippen molar-refractivity contribution in [3.63, 3.8) is 0 Å². The predicted octanol–water partition coefficient (Wildman–Crippen LogP) is 4.18. The zero-order valence-corrected chi connectivity index (χ0v) is 21.4. The molecule has 1 aliphatic heterocycles. The monoisotopic (exact) mass is 436 g/mol. The lowest BCUT2D eigenvalue weighted by Crippen LogP contribution is -2.44. The Morgan fingerprint density at radius 1 is 1.13 bits per heavy atom. The molecule has 1 saturated carbocycles. The molecule has 0 aromatic carbocycles. The quantitative estimate of drug-likeness (QED) is 0.702. The predicted molar refractivity (Wildman–Crippen MR) is 123 cm³/mol. The van der Waals surface area contributed by atoms with Gasteiger partial charge in [-0.1, -0.05) is 20.8 Å². The van der Waals surface area contributed by atoms with Crippen LogP contribution in [0.4, 0.5) is 0 Å². The number of aliphatic hydroxyl groups is 1. The Balaban J connectivity index is 1.69. The fraction of sp³-hybridized carbons (Fsp3) is 0.864. The Bertz CT molecular complexity index is 733. The van der Waals surface area contributed by atoms with E-state index in [1.165, 1.54) is 0 Å². The maximum Gasteiger partial charge on any atom is 0.498 e. The van der Waals surface area contributed by atoms with Gasteiger partial charge in [-0.2, -0.15) is 5.10 Å². The zero-order valence-electron chi connectivity index (χ0n) is 20.4. The van der Waals surface area contributed by atoms with Crippen molar-refractivity contribution in [2.24, 2.45) is 0 Å². The number of aromatic nitrogens is 2. The van der Waals surface area contributed by atoms with Crippen molar-refractivity contribution >= 4 is 20.9 Å². The number of aliphatic hydroxyl groups excluding tert-OH is 1. The Morgan fingerprint density at radius 2 is 1.67 bits per heavy atom. The molecule has 2 fully saturated rings. The summed E-state index contributed by atoms with van der Waals surface area (Å²) in [5.41, 5.74) is 0.829. The van der Waals surface area contributed by atoms with Crippen LogP contribution in [0.5, 0.6) is 0 Å². The molecule has 0 atom stereocenters. The molecule has 6 nitrogen and oxygen atoms in total. The zero-order chi connectivity index (χ0) is 22.5. The van der Waals surface area contributed by atoms with Gasteiger partial charge in [0, 0.05) is 17.8 Å². The highest BCUT2D eigenvalue weighted by Gasteiger charge is 2.53. The smallest absolute Gasteiger partial charge is 0.414 e. The summed E-state index contributed by atoms with van der Waals surface area (Å²) in [6, 6.07) is 0.280. The first-order valence-electron chi connectivity index (χ1n) is 11.4. The normalized spacial score (nSPS) is 26.9. The van der Waals surface area contributed by atoms with Crippen LogP contribution in [0, 0.1) is 0 Å². The molecule has 1 saturated heterocycles. The second-order valence-electron chi connectivity index (χ2n) is 11.5. The van der Waals surface area contributed by atoms with E-state index in [0.717, 1.165) is 36.8 Å². The number of rotatable bonds is 5. The molecule has 0 spiro atoms. The number of nitrogens with zero attached hydrogens (tertiary/aromatic N) is 2. The largest absolute Gasteiger partial charge is 0.498 e. The van der Waals surface area contributed by atoms with Gasteiger partial charge in [0.1, 0.15) is 0 Å². The van der Waals surface area contributed by atoms with E-state index in [4.69, 9.17) is 13.7 Å². The van der Waals surface area contributed by atoms with Crippen molar-refractivity contribution < 1.29 is 18.8 Å². The summed E-state index contributed by atoms with van der Waals surface area (Å²) in [4.78, 5) is 0. The van der Waals surface area contributed by atoms with Crippen molar-refractivity contribution in [2.45, 2.75) is 122 Å². The van der Waals surface area contributed by atoms with Gasteiger partial charge in [-0.05, 0) is 71.5 Å². The summed E-state index contributed by atoms with van der Waals surface area (Å²) in [7, 11) is -2.24. The molecule has 0 unspecified atom stereocenters. The fourth-order valence-electron chi connectivity index (χ4n) is 4.05. The minimum Gasteiger partial charge on any atom is -0.414 e. The van der Waals surface area contributed by atoms with Crippen molar-refractivity contribution in [2.75, 3.05) is 0 Å². The van der Waals surface area contributed by atoms with Crippen molar-refractivity contribution in [1.29, 1.82) is 0 Å². The number of hydrogen-bond donors (Lipinski definition) is 1. The molecule has 170 valence electrons. The van der Waals surface area contributed by atoms with E-state index in [1.54, 1.807) is 0 Å². The Morgan fingerprint density at radius 3 is 2.13 bits per heavy atom. The molecule has 8 heteroatoms. The van der Waals surface area contributed by atoms with Gasteiger partial charge in [-0.3, -0.25) is 4.68 Å². The maximum absolute atomic E-state index is 10.1. The van der Waals surface area contributed by atoms with Crippen LogP contribution < -0.4 is 5.46 Å². The van der Waals surface area contributed by atoms with Crippen LogP contribution in [-0.2, 0) is 20.3 Å². The molecule has 2 aliphatic rings. The standard InChI is InChI=1S/C22H41BN2O4Si/c1-20(2,3)30(8,9)27-17-12-10-16(11-13-17)25-19(15-26)18(14-24-25)23-28-21(4,5)22(6,7)29-23/h14,16-17,26H,10-13,15H2,1-9H3/t16-,17-. The molecule has 0 amide bonds. The van der Waals surface area contributed by atoms with Gasteiger partial charge in [-0.15, -0.1) is 0 Å². The maximum atomic E-state index is 10.1. The van der Waals surface area contributed by atoms with Crippen LogP contribution in [0.1, 0.15) is 85.9 Å². The van der Waals surface area contributed by atoms with E-state index in [0.29, 0.717) is 6.10 Å². The molecule has 30 heavy (non-hydrogen) atoms. The Kier molecular flexibility index (Phi) is 6.42. The van der Waals surface area contributed by atoms with Crippen LogP contribution >= 0.6 is 0 Å². The Labute approximate surface area is 183 Å². The summed E-state index contributed by atoms with van der Waals surface area (Å²) >= 11 is 0. The summed E-state index contributed by atoms with van der Waals surface area (Å²) in [5, 5.41) is 15.0. The molecular weight excluding hydrogens is 395 g/mol. The van der Waals surface area contributed by atoms with Gasteiger partial charge in [0.15, 0.2) is 8.32 Å². The molecule has 0 radical (unpaired) electrons.